The van der Waals surface area contributed by atoms with E-state index in [4.69, 9.17) is 5.14 Å². The lowest BCUT2D eigenvalue weighted by atomic mass is 10.2. The van der Waals surface area contributed by atoms with Crippen LogP contribution in [-0.2, 0) is 16.6 Å². The van der Waals surface area contributed by atoms with Crippen LogP contribution < -0.4 is 10.5 Å². The summed E-state index contributed by atoms with van der Waals surface area (Å²) < 4.78 is 25.2. The van der Waals surface area contributed by atoms with Gasteiger partial charge in [0.2, 0.25) is 10.0 Å². The Bertz CT molecular complexity index is 779. The maximum atomic E-state index is 11.3. The number of anilines is 1. The third kappa shape index (κ3) is 4.53. The molecule has 0 unspecified atom stereocenters. The highest BCUT2D eigenvalue weighted by molar-refractivity contribution is 9.13. The fourth-order valence-electron chi connectivity index (χ4n) is 1.66. The highest BCUT2D eigenvalue weighted by atomic mass is 79.9. The number of hydrogen-bond acceptors (Lipinski definition) is 3. The van der Waals surface area contributed by atoms with E-state index >= 15 is 0 Å². The number of hydrogen-bond donors (Lipinski definition) is 2. The van der Waals surface area contributed by atoms with Crippen LogP contribution in [0.15, 0.2) is 54.7 Å². The van der Waals surface area contributed by atoms with Gasteiger partial charge in [-0.15, -0.1) is 0 Å². The predicted molar refractivity (Wildman–Crippen MR) is 94.7 cm³/mol. The summed E-state index contributed by atoms with van der Waals surface area (Å²) in [6.45, 7) is 0.610. The van der Waals surface area contributed by atoms with Crippen LogP contribution in [-0.4, -0.2) is 8.42 Å². The Balaban J connectivity index is 2.15. The molecule has 0 aromatic heterocycles. The van der Waals surface area contributed by atoms with Crippen molar-refractivity contribution >= 4 is 63.5 Å². The summed E-state index contributed by atoms with van der Waals surface area (Å²) in [5, 5.41) is 8.33. The molecule has 4 nitrogen and oxygen atoms in total. The largest absolute Gasteiger partial charge is 0.380 e. The second-order valence-corrected chi connectivity index (χ2v) is 8.41. The van der Waals surface area contributed by atoms with Crippen molar-refractivity contribution < 1.29 is 8.42 Å². The van der Waals surface area contributed by atoms with Gasteiger partial charge in [0.05, 0.1) is 4.90 Å². The first-order valence-electron chi connectivity index (χ1n) is 5.77. The van der Waals surface area contributed by atoms with Gasteiger partial charge in [0, 0.05) is 25.7 Å². The molecule has 0 spiro atoms. The quantitative estimate of drug-likeness (QED) is 0.662. The Morgan fingerprint density at radius 3 is 2.24 bits per heavy atom. The van der Waals surface area contributed by atoms with Crippen molar-refractivity contribution in [2.24, 2.45) is 5.14 Å². The second-order valence-electron chi connectivity index (χ2n) is 4.29. The number of halogens is 3. The van der Waals surface area contributed by atoms with Crippen molar-refractivity contribution in [2.75, 3.05) is 5.32 Å². The zero-order valence-electron chi connectivity index (χ0n) is 10.6. The number of benzene rings is 2. The van der Waals surface area contributed by atoms with E-state index in [1.165, 1.54) is 12.1 Å². The number of primary sulfonamides is 1. The van der Waals surface area contributed by atoms with E-state index in [9.17, 15) is 8.42 Å². The second kappa shape index (κ2) is 6.78. The molecule has 0 amide bonds. The smallest absolute Gasteiger partial charge is 0.238 e. The van der Waals surface area contributed by atoms with E-state index in [0.29, 0.717) is 11.0 Å². The highest BCUT2D eigenvalue weighted by Crippen LogP contribution is 2.27. The minimum Gasteiger partial charge on any atom is -0.380 e. The van der Waals surface area contributed by atoms with Gasteiger partial charge in [0.25, 0.3) is 0 Å². The molecule has 2 aromatic rings. The molecule has 2 aromatic carbocycles. The standard InChI is InChI=1S/C13H11Br3N2O2S/c14-10-3-1-8(5-11(10)15)7-18-13-4-2-9(6-12(13)16)21(17,19)20/h1-6,18H,7H2,(H2,17,19,20). The Kier molecular flexibility index (Phi) is 5.48. The maximum absolute atomic E-state index is 11.3. The van der Waals surface area contributed by atoms with Crippen LogP contribution in [0.3, 0.4) is 0 Å². The third-order valence-corrected chi connectivity index (χ3v) is 6.18. The summed E-state index contributed by atoms with van der Waals surface area (Å²) >= 11 is 10.2. The molecule has 0 fully saturated rings. The number of nitrogens with two attached hydrogens (primary N) is 1. The molecule has 8 heteroatoms. The first kappa shape index (κ1) is 17.0. The topological polar surface area (TPSA) is 72.2 Å². The van der Waals surface area contributed by atoms with Crippen LogP contribution in [0.2, 0.25) is 0 Å². The van der Waals surface area contributed by atoms with E-state index in [1.807, 2.05) is 18.2 Å². The summed E-state index contributed by atoms with van der Waals surface area (Å²) in [5.41, 5.74) is 1.88. The molecule has 0 aliphatic heterocycles. The third-order valence-electron chi connectivity index (χ3n) is 2.74. The van der Waals surface area contributed by atoms with Crippen LogP contribution in [0.1, 0.15) is 5.56 Å². The average molecular weight is 499 g/mol. The van der Waals surface area contributed by atoms with Gasteiger partial charge in [0.1, 0.15) is 0 Å². The first-order valence-corrected chi connectivity index (χ1v) is 9.70. The molecule has 0 aliphatic rings. The molecule has 0 saturated carbocycles. The average Bonchev–Trinajstić information content (AvgIpc) is 2.40. The fraction of sp³-hybridized carbons (Fsp3) is 0.0769. The summed E-state index contributed by atoms with van der Waals surface area (Å²) in [4.78, 5) is 0.0753. The SMILES string of the molecule is NS(=O)(=O)c1ccc(NCc2ccc(Br)c(Br)c2)c(Br)c1. The number of nitrogens with one attached hydrogen (secondary N) is 1. The molecule has 0 radical (unpaired) electrons. The molecule has 21 heavy (non-hydrogen) atoms. The van der Waals surface area contributed by atoms with Gasteiger partial charge in [-0.3, -0.25) is 0 Å². The summed E-state index contributed by atoms with van der Waals surface area (Å²) in [5.74, 6) is 0. The van der Waals surface area contributed by atoms with Crippen molar-refractivity contribution in [3.05, 3.63) is 55.4 Å². The van der Waals surface area contributed by atoms with Gasteiger partial charge in [-0.2, -0.15) is 0 Å². The van der Waals surface area contributed by atoms with Crippen molar-refractivity contribution in [1.82, 2.24) is 0 Å². The summed E-state index contributed by atoms with van der Waals surface area (Å²) in [6, 6.07) is 10.6. The lowest BCUT2D eigenvalue weighted by Gasteiger charge is -2.10. The molecular formula is C13H11Br3N2O2S. The minimum atomic E-state index is -3.69. The van der Waals surface area contributed by atoms with E-state index in [0.717, 1.165) is 20.2 Å². The van der Waals surface area contributed by atoms with Crippen molar-refractivity contribution in [1.29, 1.82) is 0 Å². The lowest BCUT2D eigenvalue weighted by Crippen LogP contribution is -2.12. The number of sulfonamides is 1. The van der Waals surface area contributed by atoms with E-state index < -0.39 is 10.0 Å². The normalized spacial score (nSPS) is 11.4. The zero-order valence-corrected chi connectivity index (χ0v) is 16.2. The van der Waals surface area contributed by atoms with E-state index in [-0.39, 0.29) is 4.90 Å². The predicted octanol–water partition coefficient (Wildman–Crippen LogP) is 4.23. The molecule has 112 valence electrons. The van der Waals surface area contributed by atoms with Gasteiger partial charge in [0.15, 0.2) is 0 Å². The van der Waals surface area contributed by atoms with Gasteiger partial charge in [-0.25, -0.2) is 13.6 Å². The van der Waals surface area contributed by atoms with Crippen LogP contribution >= 0.6 is 47.8 Å². The van der Waals surface area contributed by atoms with Crippen molar-refractivity contribution in [3.63, 3.8) is 0 Å². The molecular weight excluding hydrogens is 488 g/mol. The zero-order chi connectivity index (χ0) is 15.6. The van der Waals surface area contributed by atoms with Gasteiger partial charge in [-0.1, -0.05) is 6.07 Å². The number of rotatable bonds is 4. The highest BCUT2D eigenvalue weighted by Gasteiger charge is 2.10. The molecule has 0 saturated heterocycles. The fourth-order valence-corrected chi connectivity index (χ4v) is 3.55. The molecule has 0 bridgehead atoms. The van der Waals surface area contributed by atoms with Crippen LogP contribution in [0, 0.1) is 0 Å². The Labute approximate surface area is 148 Å². The molecule has 2 rings (SSSR count). The van der Waals surface area contributed by atoms with Crippen LogP contribution in [0.5, 0.6) is 0 Å². The summed E-state index contributed by atoms with van der Waals surface area (Å²) in [6.07, 6.45) is 0. The molecule has 3 N–H and O–H groups in total. The van der Waals surface area contributed by atoms with E-state index in [1.54, 1.807) is 6.07 Å². The first-order chi connectivity index (χ1) is 9.77. The van der Waals surface area contributed by atoms with E-state index in [2.05, 4.69) is 53.1 Å². The van der Waals surface area contributed by atoms with Crippen molar-refractivity contribution in [3.8, 4) is 0 Å². The molecule has 0 aliphatic carbocycles. The van der Waals surface area contributed by atoms with Crippen LogP contribution in [0.25, 0.3) is 0 Å². The summed E-state index contributed by atoms with van der Waals surface area (Å²) in [7, 11) is -3.69. The Morgan fingerprint density at radius 2 is 1.67 bits per heavy atom. The maximum Gasteiger partial charge on any atom is 0.238 e. The molecule has 0 atom stereocenters. The van der Waals surface area contributed by atoms with Crippen molar-refractivity contribution in [2.45, 2.75) is 11.4 Å². The van der Waals surface area contributed by atoms with Gasteiger partial charge in [-0.05, 0) is 83.7 Å². The lowest BCUT2D eigenvalue weighted by molar-refractivity contribution is 0.598. The minimum absolute atomic E-state index is 0.0753. The Morgan fingerprint density at radius 1 is 0.952 bits per heavy atom. The Hall–Kier alpha value is -0.410. The molecule has 0 heterocycles. The monoisotopic (exact) mass is 496 g/mol. The van der Waals surface area contributed by atoms with Gasteiger partial charge < -0.3 is 5.32 Å². The van der Waals surface area contributed by atoms with Gasteiger partial charge >= 0.3 is 0 Å². The van der Waals surface area contributed by atoms with Crippen LogP contribution in [0.4, 0.5) is 5.69 Å².